The second-order valence-corrected chi connectivity index (χ2v) is 5.55. The third kappa shape index (κ3) is 3.19. The molecule has 1 aliphatic heterocycles. The van der Waals surface area contributed by atoms with E-state index in [1.165, 1.54) is 0 Å². The molecule has 0 bridgehead atoms. The van der Waals surface area contributed by atoms with Crippen LogP contribution >= 0.6 is 0 Å². The number of piperazine rings is 1. The molecule has 0 radical (unpaired) electrons. The van der Waals surface area contributed by atoms with Gasteiger partial charge in [-0.3, -0.25) is 9.80 Å². The van der Waals surface area contributed by atoms with Crippen LogP contribution in [0.4, 0.5) is 0 Å². The third-order valence-corrected chi connectivity index (χ3v) is 4.12. The summed E-state index contributed by atoms with van der Waals surface area (Å²) in [6, 6.07) is 6.62. The summed E-state index contributed by atoms with van der Waals surface area (Å²) < 4.78 is 5.11. The van der Waals surface area contributed by atoms with Crippen LogP contribution in [-0.2, 0) is 6.54 Å². The molecule has 0 amide bonds. The zero-order chi connectivity index (χ0) is 14.0. The number of ether oxygens (including phenoxy) is 1. The Balaban J connectivity index is 2.05. The van der Waals surface area contributed by atoms with Crippen LogP contribution < -0.4 is 4.74 Å². The molecule has 0 saturated carbocycles. The van der Waals surface area contributed by atoms with Gasteiger partial charge in [0.25, 0.3) is 0 Å². The first-order chi connectivity index (χ1) is 9.01. The first-order valence-electron chi connectivity index (χ1n) is 6.81. The molecule has 2 unspecified atom stereocenters. The molecule has 106 valence electrons. The number of phenolic OH excluding ortho intramolecular Hbond substituents is 1. The van der Waals surface area contributed by atoms with E-state index >= 15 is 0 Å². The van der Waals surface area contributed by atoms with Crippen LogP contribution in [-0.4, -0.2) is 54.2 Å². The summed E-state index contributed by atoms with van der Waals surface area (Å²) in [6.45, 7) is 7.35. The quantitative estimate of drug-likeness (QED) is 0.905. The van der Waals surface area contributed by atoms with Crippen molar-refractivity contribution in [1.82, 2.24) is 9.80 Å². The average Bonchev–Trinajstić information content (AvgIpc) is 2.38. The Morgan fingerprint density at radius 1 is 1.26 bits per heavy atom. The highest BCUT2D eigenvalue weighted by molar-refractivity contribution is 5.39. The van der Waals surface area contributed by atoms with Crippen molar-refractivity contribution in [2.24, 2.45) is 0 Å². The van der Waals surface area contributed by atoms with Crippen LogP contribution in [0.2, 0.25) is 0 Å². The maximum Gasteiger partial charge on any atom is 0.123 e. The van der Waals surface area contributed by atoms with Gasteiger partial charge in [-0.2, -0.15) is 0 Å². The number of methoxy groups -OCH3 is 1. The lowest BCUT2D eigenvalue weighted by Crippen LogP contribution is -2.54. The zero-order valence-corrected chi connectivity index (χ0v) is 12.3. The molecular weight excluding hydrogens is 240 g/mol. The standard InChI is InChI=1S/C15H24N2O2/c1-11-8-17(9-12(2)16(11)3)10-13-5-6-14(19-4)7-15(13)18/h5-7,11-12,18H,8-10H2,1-4H3. The highest BCUT2D eigenvalue weighted by Gasteiger charge is 2.26. The minimum absolute atomic E-state index is 0.318. The summed E-state index contributed by atoms with van der Waals surface area (Å²) in [4.78, 5) is 4.81. The molecule has 4 nitrogen and oxygen atoms in total. The van der Waals surface area contributed by atoms with Crippen molar-refractivity contribution in [3.63, 3.8) is 0 Å². The number of hydrogen-bond donors (Lipinski definition) is 1. The number of nitrogens with zero attached hydrogens (tertiary/aromatic N) is 2. The van der Waals surface area contributed by atoms with Crippen LogP contribution in [0.3, 0.4) is 0 Å². The smallest absolute Gasteiger partial charge is 0.123 e. The van der Waals surface area contributed by atoms with Crippen molar-refractivity contribution in [2.75, 3.05) is 27.2 Å². The van der Waals surface area contributed by atoms with Crippen LogP contribution in [0.15, 0.2) is 18.2 Å². The fourth-order valence-corrected chi connectivity index (χ4v) is 2.69. The first-order valence-corrected chi connectivity index (χ1v) is 6.81. The van der Waals surface area contributed by atoms with Crippen LogP contribution in [0.1, 0.15) is 19.4 Å². The van der Waals surface area contributed by atoms with Gasteiger partial charge in [-0.25, -0.2) is 0 Å². The van der Waals surface area contributed by atoms with Gasteiger partial charge >= 0.3 is 0 Å². The molecule has 1 aliphatic rings. The van der Waals surface area contributed by atoms with Crippen molar-refractivity contribution in [2.45, 2.75) is 32.5 Å². The van der Waals surface area contributed by atoms with Gasteiger partial charge in [0, 0.05) is 43.3 Å². The van der Waals surface area contributed by atoms with Gasteiger partial charge in [-0.1, -0.05) is 6.07 Å². The molecule has 1 heterocycles. The molecule has 1 N–H and O–H groups in total. The molecule has 1 saturated heterocycles. The average molecular weight is 264 g/mol. The second kappa shape index (κ2) is 5.80. The van der Waals surface area contributed by atoms with E-state index < -0.39 is 0 Å². The maximum absolute atomic E-state index is 10.0. The number of aromatic hydroxyl groups is 1. The minimum Gasteiger partial charge on any atom is -0.507 e. The summed E-state index contributed by atoms with van der Waals surface area (Å²) in [5.41, 5.74) is 0.963. The summed E-state index contributed by atoms with van der Waals surface area (Å²) in [5, 5.41) is 10.0. The fraction of sp³-hybridized carbons (Fsp3) is 0.600. The topological polar surface area (TPSA) is 35.9 Å². The van der Waals surface area contributed by atoms with E-state index in [9.17, 15) is 5.11 Å². The van der Waals surface area contributed by atoms with Gasteiger partial charge in [0.2, 0.25) is 0 Å². The van der Waals surface area contributed by atoms with Gasteiger partial charge in [-0.15, -0.1) is 0 Å². The number of benzene rings is 1. The number of hydrogen-bond acceptors (Lipinski definition) is 4. The summed E-state index contributed by atoms with van der Waals surface area (Å²) in [7, 11) is 3.79. The van der Waals surface area contributed by atoms with Gasteiger partial charge in [0.15, 0.2) is 0 Å². The Kier molecular flexibility index (Phi) is 4.32. The zero-order valence-electron chi connectivity index (χ0n) is 12.3. The fourth-order valence-electron chi connectivity index (χ4n) is 2.69. The molecule has 0 aliphatic carbocycles. The third-order valence-electron chi connectivity index (χ3n) is 4.12. The number of rotatable bonds is 3. The van der Waals surface area contributed by atoms with Crippen LogP contribution in [0, 0.1) is 0 Å². The van der Waals surface area contributed by atoms with E-state index in [4.69, 9.17) is 4.74 Å². The largest absolute Gasteiger partial charge is 0.507 e. The Morgan fingerprint density at radius 3 is 2.42 bits per heavy atom. The molecule has 4 heteroatoms. The SMILES string of the molecule is COc1ccc(CN2CC(C)N(C)C(C)C2)c(O)c1. The van der Waals surface area contributed by atoms with Gasteiger partial charge in [0.05, 0.1) is 7.11 Å². The predicted molar refractivity (Wildman–Crippen MR) is 76.6 cm³/mol. The molecule has 1 aromatic rings. The number of phenols is 1. The van der Waals surface area contributed by atoms with Gasteiger partial charge < -0.3 is 9.84 Å². The highest BCUT2D eigenvalue weighted by atomic mass is 16.5. The van der Waals surface area contributed by atoms with Crippen LogP contribution in [0.25, 0.3) is 0 Å². The second-order valence-electron chi connectivity index (χ2n) is 5.55. The van der Waals surface area contributed by atoms with Gasteiger partial charge in [0.1, 0.15) is 11.5 Å². The predicted octanol–water partition coefficient (Wildman–Crippen LogP) is 1.93. The van der Waals surface area contributed by atoms with E-state index in [1.54, 1.807) is 13.2 Å². The normalized spacial score (nSPS) is 25.5. The molecule has 2 atom stereocenters. The molecule has 0 spiro atoms. The number of likely N-dealkylation sites (N-methyl/N-ethyl adjacent to an activating group) is 1. The van der Waals surface area contributed by atoms with Crippen molar-refractivity contribution in [3.05, 3.63) is 23.8 Å². The van der Waals surface area contributed by atoms with Crippen molar-refractivity contribution in [3.8, 4) is 11.5 Å². The van der Waals surface area contributed by atoms with E-state index in [-0.39, 0.29) is 0 Å². The molecule has 0 aromatic heterocycles. The Hall–Kier alpha value is -1.26. The Bertz CT molecular complexity index is 424. The van der Waals surface area contributed by atoms with E-state index in [2.05, 4.69) is 30.7 Å². The Labute approximate surface area is 115 Å². The summed E-state index contributed by atoms with van der Waals surface area (Å²) >= 11 is 0. The molecule has 19 heavy (non-hydrogen) atoms. The molecule has 1 aromatic carbocycles. The Morgan fingerprint density at radius 2 is 1.89 bits per heavy atom. The van der Waals surface area contributed by atoms with E-state index in [1.807, 2.05) is 12.1 Å². The van der Waals surface area contributed by atoms with Crippen molar-refractivity contribution in [1.29, 1.82) is 0 Å². The molecule has 2 rings (SSSR count). The summed E-state index contributed by atoms with van der Waals surface area (Å²) in [6.07, 6.45) is 0. The van der Waals surface area contributed by atoms with Crippen LogP contribution in [0.5, 0.6) is 11.5 Å². The van der Waals surface area contributed by atoms with Crippen molar-refractivity contribution >= 4 is 0 Å². The van der Waals surface area contributed by atoms with Crippen molar-refractivity contribution < 1.29 is 9.84 Å². The van der Waals surface area contributed by atoms with E-state index in [0.29, 0.717) is 23.6 Å². The first kappa shape index (κ1) is 14.2. The lowest BCUT2D eigenvalue weighted by molar-refractivity contribution is 0.0552. The van der Waals surface area contributed by atoms with E-state index in [0.717, 1.165) is 25.2 Å². The lowest BCUT2D eigenvalue weighted by Gasteiger charge is -2.42. The maximum atomic E-state index is 10.0. The lowest BCUT2D eigenvalue weighted by atomic mass is 10.1. The molecule has 1 fully saturated rings. The monoisotopic (exact) mass is 264 g/mol. The summed E-state index contributed by atoms with van der Waals surface area (Å²) in [5.74, 6) is 1.01. The molecular formula is C15H24N2O2. The minimum atomic E-state index is 0.318. The van der Waals surface area contributed by atoms with Gasteiger partial charge in [-0.05, 0) is 27.0 Å². The highest BCUT2D eigenvalue weighted by Crippen LogP contribution is 2.25.